The van der Waals surface area contributed by atoms with Gasteiger partial charge in [-0.05, 0) is 12.1 Å². The molecule has 3 rings (SSSR count). The molecule has 9 heteroatoms. The third kappa shape index (κ3) is 2.61. The molecule has 0 radical (unpaired) electrons. The van der Waals surface area contributed by atoms with E-state index in [9.17, 15) is 14.9 Å². The van der Waals surface area contributed by atoms with Gasteiger partial charge in [-0.1, -0.05) is 0 Å². The van der Waals surface area contributed by atoms with E-state index in [1.54, 1.807) is 12.3 Å². The van der Waals surface area contributed by atoms with Gasteiger partial charge in [0.1, 0.15) is 5.69 Å². The second kappa shape index (κ2) is 5.12. The van der Waals surface area contributed by atoms with Gasteiger partial charge in [-0.2, -0.15) is 5.10 Å². The van der Waals surface area contributed by atoms with Gasteiger partial charge in [-0.15, -0.1) is 0 Å². The first kappa shape index (κ1) is 12.9. The van der Waals surface area contributed by atoms with Gasteiger partial charge < -0.3 is 15.4 Å². The number of nitrogens with one attached hydrogen (secondary N) is 3. The lowest BCUT2D eigenvalue weighted by molar-refractivity contribution is -0.384. The van der Waals surface area contributed by atoms with E-state index in [1.807, 2.05) is 0 Å². The Bertz CT molecular complexity index is 698. The largest absolute Gasteiger partial charge is 0.481 e. The van der Waals surface area contributed by atoms with Crippen LogP contribution in [-0.4, -0.2) is 27.6 Å². The zero-order chi connectivity index (χ0) is 14.8. The number of benzene rings is 1. The lowest BCUT2D eigenvalue weighted by Gasteiger charge is -2.19. The van der Waals surface area contributed by atoms with Gasteiger partial charge in [0.25, 0.3) is 11.6 Å². The van der Waals surface area contributed by atoms with Gasteiger partial charge in [0.15, 0.2) is 12.4 Å². The van der Waals surface area contributed by atoms with Crippen LogP contribution in [0.4, 0.5) is 17.1 Å². The highest BCUT2D eigenvalue weighted by molar-refractivity contribution is 5.96. The number of hydrogen-bond donors (Lipinski definition) is 3. The number of nitro benzene ring substituents is 1. The molecule has 108 valence electrons. The van der Waals surface area contributed by atoms with Crippen molar-refractivity contribution in [3.8, 4) is 5.75 Å². The number of H-pyrrole nitrogens is 1. The van der Waals surface area contributed by atoms with E-state index in [-0.39, 0.29) is 24.0 Å². The third-order valence-corrected chi connectivity index (χ3v) is 2.96. The number of carbonyl (C=O) groups is 1. The smallest absolute Gasteiger partial charge is 0.296 e. The number of aromatic nitrogens is 2. The molecule has 0 unspecified atom stereocenters. The fourth-order valence-corrected chi connectivity index (χ4v) is 1.98. The van der Waals surface area contributed by atoms with E-state index in [2.05, 4.69) is 20.8 Å². The Balaban J connectivity index is 1.91. The molecule has 0 aliphatic carbocycles. The first-order valence-corrected chi connectivity index (χ1v) is 6.10. The topological polar surface area (TPSA) is 122 Å². The number of rotatable bonds is 4. The minimum atomic E-state index is -0.505. The van der Waals surface area contributed by atoms with Crippen LogP contribution in [0, 0.1) is 10.1 Å². The number of nitro groups is 1. The molecule has 2 aromatic rings. The maximum absolute atomic E-state index is 11.3. The van der Waals surface area contributed by atoms with Crippen LogP contribution < -0.4 is 15.4 Å². The summed E-state index contributed by atoms with van der Waals surface area (Å²) in [7, 11) is 0. The monoisotopic (exact) mass is 289 g/mol. The van der Waals surface area contributed by atoms with E-state index >= 15 is 0 Å². The normalized spacial score (nSPS) is 13.0. The highest BCUT2D eigenvalue weighted by Gasteiger charge is 2.23. The first-order valence-electron chi connectivity index (χ1n) is 6.10. The Morgan fingerprint density at radius 2 is 2.33 bits per heavy atom. The van der Waals surface area contributed by atoms with Crippen molar-refractivity contribution in [1.82, 2.24) is 10.2 Å². The minimum Gasteiger partial charge on any atom is -0.481 e. The average Bonchev–Trinajstić information content (AvgIpc) is 2.97. The molecule has 0 bridgehead atoms. The average molecular weight is 289 g/mol. The summed E-state index contributed by atoms with van der Waals surface area (Å²) in [5.74, 6) is -0.00994. The number of hydrogen-bond acceptors (Lipinski definition) is 6. The lowest BCUT2D eigenvalue weighted by atomic mass is 10.2. The first-order chi connectivity index (χ1) is 10.1. The van der Waals surface area contributed by atoms with E-state index in [4.69, 9.17) is 4.74 Å². The predicted molar refractivity (Wildman–Crippen MR) is 73.1 cm³/mol. The van der Waals surface area contributed by atoms with Crippen molar-refractivity contribution >= 4 is 23.0 Å². The number of nitrogens with zero attached hydrogens (tertiary/aromatic N) is 2. The number of carbonyl (C=O) groups excluding carboxylic acids is 1. The van der Waals surface area contributed by atoms with Gasteiger partial charge >= 0.3 is 0 Å². The molecule has 0 fully saturated rings. The van der Waals surface area contributed by atoms with Crippen molar-refractivity contribution in [1.29, 1.82) is 0 Å². The highest BCUT2D eigenvalue weighted by Crippen LogP contribution is 2.37. The molecular weight excluding hydrogens is 278 g/mol. The van der Waals surface area contributed by atoms with Gasteiger partial charge in [-0.3, -0.25) is 20.0 Å². The summed E-state index contributed by atoms with van der Waals surface area (Å²) >= 11 is 0. The van der Waals surface area contributed by atoms with Crippen molar-refractivity contribution in [2.24, 2.45) is 0 Å². The van der Waals surface area contributed by atoms with Crippen molar-refractivity contribution in [3.63, 3.8) is 0 Å². The van der Waals surface area contributed by atoms with Crippen LogP contribution in [-0.2, 0) is 11.3 Å². The summed E-state index contributed by atoms with van der Waals surface area (Å²) in [6.07, 6.45) is 1.59. The number of aromatic amines is 1. The Hall–Kier alpha value is -3.10. The van der Waals surface area contributed by atoms with Crippen LogP contribution in [0.15, 0.2) is 24.4 Å². The van der Waals surface area contributed by atoms with Crippen LogP contribution in [0.25, 0.3) is 0 Å². The van der Waals surface area contributed by atoms with Crippen molar-refractivity contribution in [3.05, 3.63) is 40.2 Å². The molecule has 0 atom stereocenters. The molecule has 9 nitrogen and oxygen atoms in total. The molecular formula is C12H11N5O4. The second-order valence-electron chi connectivity index (χ2n) is 4.39. The highest BCUT2D eigenvalue weighted by atomic mass is 16.6. The summed E-state index contributed by atoms with van der Waals surface area (Å²) in [5, 5.41) is 23.2. The summed E-state index contributed by atoms with van der Waals surface area (Å²) in [5.41, 5.74) is 1.36. The number of amides is 1. The lowest BCUT2D eigenvalue weighted by Crippen LogP contribution is -2.25. The van der Waals surface area contributed by atoms with Gasteiger partial charge in [-0.25, -0.2) is 0 Å². The molecule has 1 aromatic heterocycles. The molecule has 1 aliphatic heterocycles. The minimum absolute atomic E-state index is 0.121. The van der Waals surface area contributed by atoms with Gasteiger partial charge in [0.05, 0.1) is 28.9 Å². The fraction of sp³-hybridized carbons (Fsp3) is 0.167. The SMILES string of the molecule is O=C1COc2cc([N+](=O)[O-])c(NCc3ccn[nH]3)cc2N1. The molecule has 21 heavy (non-hydrogen) atoms. The summed E-state index contributed by atoms with van der Waals surface area (Å²) in [6.45, 7) is 0.194. The molecule has 1 amide bonds. The molecule has 0 saturated carbocycles. The Kier molecular flexibility index (Phi) is 3.14. The maximum Gasteiger partial charge on any atom is 0.296 e. The van der Waals surface area contributed by atoms with Crippen molar-refractivity contribution in [2.45, 2.75) is 6.54 Å². The fourth-order valence-electron chi connectivity index (χ4n) is 1.98. The predicted octanol–water partition coefficient (Wildman–Crippen LogP) is 1.26. The maximum atomic E-state index is 11.3. The quantitative estimate of drug-likeness (QED) is 0.575. The zero-order valence-electron chi connectivity index (χ0n) is 10.8. The number of fused-ring (bicyclic) bond motifs is 1. The molecule has 0 saturated heterocycles. The molecule has 1 aliphatic rings. The van der Waals surface area contributed by atoms with Crippen molar-refractivity contribution < 1.29 is 14.5 Å². The molecule has 3 N–H and O–H groups in total. The standard InChI is InChI=1S/C12H11N5O4/c18-12-6-21-11-4-10(17(19)20)8(3-9(11)15-12)13-5-7-1-2-14-16-7/h1-4,13H,5-6H2,(H,14,16)(H,15,18). The van der Waals surface area contributed by atoms with Crippen LogP contribution in [0.2, 0.25) is 0 Å². The van der Waals surface area contributed by atoms with Gasteiger partial charge in [0, 0.05) is 6.20 Å². The van der Waals surface area contributed by atoms with E-state index in [0.717, 1.165) is 5.69 Å². The van der Waals surface area contributed by atoms with Crippen LogP contribution in [0.5, 0.6) is 5.75 Å². The van der Waals surface area contributed by atoms with Crippen LogP contribution in [0.1, 0.15) is 5.69 Å². The van der Waals surface area contributed by atoms with Crippen molar-refractivity contribution in [2.75, 3.05) is 17.2 Å². The Labute approximate surface area is 118 Å². The Morgan fingerprint density at radius 1 is 1.48 bits per heavy atom. The number of anilines is 2. The summed E-state index contributed by atoms with van der Waals surface area (Å²) in [4.78, 5) is 21.9. The summed E-state index contributed by atoms with van der Waals surface area (Å²) < 4.78 is 5.17. The number of ether oxygens (including phenoxy) is 1. The molecule has 2 heterocycles. The second-order valence-corrected chi connectivity index (χ2v) is 4.39. The van der Waals surface area contributed by atoms with Gasteiger partial charge in [0.2, 0.25) is 0 Å². The van der Waals surface area contributed by atoms with E-state index in [0.29, 0.717) is 17.9 Å². The summed E-state index contributed by atoms with van der Waals surface area (Å²) in [6, 6.07) is 4.53. The zero-order valence-corrected chi connectivity index (χ0v) is 10.8. The third-order valence-electron chi connectivity index (χ3n) is 2.96. The van der Waals surface area contributed by atoms with Crippen LogP contribution >= 0.6 is 0 Å². The van der Waals surface area contributed by atoms with Crippen LogP contribution in [0.3, 0.4) is 0 Å². The van der Waals surface area contributed by atoms with E-state index < -0.39 is 4.92 Å². The Morgan fingerprint density at radius 3 is 3.05 bits per heavy atom. The molecule has 0 spiro atoms. The molecule has 1 aromatic carbocycles. The van der Waals surface area contributed by atoms with E-state index in [1.165, 1.54) is 12.1 Å².